The molecule has 0 radical (unpaired) electrons. The lowest BCUT2D eigenvalue weighted by molar-refractivity contribution is 0.174. The summed E-state index contributed by atoms with van der Waals surface area (Å²) in [7, 11) is -2.51. The minimum Gasteiger partial charge on any atom is -0.493 e. The molecule has 0 atom stereocenters. The quantitative estimate of drug-likeness (QED) is 0.540. The van der Waals surface area contributed by atoms with Crippen molar-refractivity contribution < 1.29 is 26.8 Å². The van der Waals surface area contributed by atoms with E-state index in [1.807, 2.05) is 12.1 Å². The van der Waals surface area contributed by atoms with Gasteiger partial charge in [-0.1, -0.05) is 24.3 Å². The molecule has 0 aliphatic carbocycles. The van der Waals surface area contributed by atoms with Gasteiger partial charge in [-0.15, -0.1) is 0 Å². The molecule has 8 heteroatoms. The first-order valence-electron chi connectivity index (χ1n) is 10.6. The largest absolute Gasteiger partial charge is 0.493 e. The molecule has 0 spiro atoms. The first-order valence-corrected chi connectivity index (χ1v) is 12.0. The molecule has 0 saturated carbocycles. The molecule has 6 rings (SSSR count). The zero-order valence-electron chi connectivity index (χ0n) is 17.9. The second-order valence-corrected chi connectivity index (χ2v) is 9.63. The Morgan fingerprint density at radius 3 is 2.58 bits per heavy atom. The Morgan fingerprint density at radius 1 is 1.00 bits per heavy atom. The minimum atomic E-state index is -4.01. The van der Waals surface area contributed by atoms with E-state index in [2.05, 4.69) is 17.0 Å². The van der Waals surface area contributed by atoms with E-state index in [9.17, 15) is 8.42 Å². The first-order chi connectivity index (χ1) is 16.0. The van der Waals surface area contributed by atoms with Gasteiger partial charge in [0.05, 0.1) is 7.11 Å². The number of nitrogens with zero attached hydrogens (tertiary/aromatic N) is 1. The van der Waals surface area contributed by atoms with Crippen LogP contribution in [0.15, 0.2) is 59.5 Å². The number of ether oxygens (including phenoxy) is 3. The lowest BCUT2D eigenvalue weighted by Gasteiger charge is -2.37. The van der Waals surface area contributed by atoms with Crippen LogP contribution in [0.25, 0.3) is 11.8 Å². The molecular weight excluding hydrogens is 442 g/mol. The van der Waals surface area contributed by atoms with Crippen molar-refractivity contribution in [3.63, 3.8) is 0 Å². The van der Waals surface area contributed by atoms with E-state index in [1.54, 1.807) is 24.3 Å². The van der Waals surface area contributed by atoms with Crippen LogP contribution in [0.4, 0.5) is 0 Å². The van der Waals surface area contributed by atoms with Gasteiger partial charge in [-0.05, 0) is 54.0 Å². The number of hydrogen-bond acceptors (Lipinski definition) is 7. The predicted octanol–water partition coefficient (Wildman–Crippen LogP) is 4.06. The molecule has 33 heavy (non-hydrogen) atoms. The number of methoxy groups -OCH3 is 1. The Kier molecular flexibility index (Phi) is 4.51. The van der Waals surface area contributed by atoms with Crippen LogP contribution in [0.3, 0.4) is 0 Å². The van der Waals surface area contributed by atoms with Gasteiger partial charge < -0.3 is 23.3 Å². The number of benzene rings is 3. The maximum atomic E-state index is 13.0. The van der Waals surface area contributed by atoms with Crippen LogP contribution in [0, 0.1) is 0 Å². The van der Waals surface area contributed by atoms with E-state index in [0.717, 1.165) is 46.9 Å². The van der Waals surface area contributed by atoms with E-state index in [0.29, 0.717) is 12.3 Å². The van der Waals surface area contributed by atoms with E-state index in [4.69, 9.17) is 18.4 Å². The second kappa shape index (κ2) is 7.45. The van der Waals surface area contributed by atoms with E-state index in [-0.39, 0.29) is 17.4 Å². The van der Waals surface area contributed by atoms with Gasteiger partial charge in [0.25, 0.3) is 0 Å². The molecule has 168 valence electrons. The summed E-state index contributed by atoms with van der Waals surface area (Å²) in [6.07, 6.45) is 2.92. The zero-order chi connectivity index (χ0) is 22.6. The first kappa shape index (κ1) is 20.0. The number of rotatable bonds is 4. The fourth-order valence-corrected chi connectivity index (χ4v) is 5.55. The summed E-state index contributed by atoms with van der Waals surface area (Å²) >= 11 is 0. The van der Waals surface area contributed by atoms with Crippen molar-refractivity contribution in [2.45, 2.75) is 17.9 Å². The molecule has 3 aliphatic rings. The minimum absolute atomic E-state index is 0.0969. The average molecular weight is 464 g/mol. The van der Waals surface area contributed by atoms with E-state index >= 15 is 0 Å². The summed E-state index contributed by atoms with van der Waals surface area (Å²) in [5.74, 6) is 2.14. The van der Waals surface area contributed by atoms with Crippen molar-refractivity contribution in [2.75, 3.05) is 20.4 Å². The molecule has 0 saturated heterocycles. The Bertz CT molecular complexity index is 1400. The highest BCUT2D eigenvalue weighted by Gasteiger charge is 2.32. The van der Waals surface area contributed by atoms with Crippen LogP contribution in [-0.4, -0.2) is 33.8 Å². The summed E-state index contributed by atoms with van der Waals surface area (Å²) in [5, 5.41) is 0. The number of hydrogen-bond donors (Lipinski definition) is 0. The standard InChI is InChI=1S/C25H21NO6S/c1-29-22-8-7-16-11-21-19-13-24-23(30-15-31-24)12-17(19)9-10-26(21)14-20(16)25(22)32-33(27,28)18-5-3-2-4-6-18/h2-8,11-13H,9-10,14-15H2,1H3. The Labute approximate surface area is 191 Å². The highest BCUT2D eigenvalue weighted by atomic mass is 32.2. The van der Waals surface area contributed by atoms with Gasteiger partial charge in [0.1, 0.15) is 4.90 Å². The van der Waals surface area contributed by atoms with Crippen LogP contribution in [0.5, 0.6) is 23.0 Å². The summed E-state index contributed by atoms with van der Waals surface area (Å²) in [6, 6.07) is 15.9. The lowest BCUT2D eigenvalue weighted by Crippen LogP contribution is -2.31. The molecule has 3 aromatic rings. The molecule has 0 unspecified atom stereocenters. The fraction of sp³-hybridized carbons (Fsp3) is 0.200. The third kappa shape index (κ3) is 3.29. The molecule has 0 amide bonds. The van der Waals surface area contributed by atoms with Gasteiger partial charge in [-0.3, -0.25) is 0 Å². The summed E-state index contributed by atoms with van der Waals surface area (Å²) in [6.45, 7) is 1.53. The summed E-state index contributed by atoms with van der Waals surface area (Å²) < 4.78 is 48.2. The molecule has 3 heterocycles. The highest BCUT2D eigenvalue weighted by Crippen LogP contribution is 2.46. The normalized spacial score (nSPS) is 15.8. The van der Waals surface area contributed by atoms with Crippen molar-refractivity contribution >= 4 is 21.9 Å². The van der Waals surface area contributed by atoms with Crippen molar-refractivity contribution in [2.24, 2.45) is 0 Å². The Hall–Kier alpha value is -3.65. The monoisotopic (exact) mass is 463 g/mol. The lowest BCUT2D eigenvalue weighted by atomic mass is 9.90. The van der Waals surface area contributed by atoms with Crippen LogP contribution >= 0.6 is 0 Å². The van der Waals surface area contributed by atoms with E-state index < -0.39 is 10.1 Å². The maximum absolute atomic E-state index is 13.0. The topological polar surface area (TPSA) is 74.3 Å². The van der Waals surface area contributed by atoms with Crippen molar-refractivity contribution in [3.8, 4) is 23.0 Å². The van der Waals surface area contributed by atoms with Crippen LogP contribution in [0.2, 0.25) is 0 Å². The second-order valence-electron chi connectivity index (χ2n) is 8.08. The van der Waals surface area contributed by atoms with Gasteiger partial charge in [0.15, 0.2) is 23.0 Å². The van der Waals surface area contributed by atoms with Crippen LogP contribution < -0.4 is 18.4 Å². The van der Waals surface area contributed by atoms with E-state index in [1.165, 1.54) is 24.8 Å². The molecule has 0 aromatic heterocycles. The third-order valence-corrected chi connectivity index (χ3v) is 7.45. The van der Waals surface area contributed by atoms with Crippen molar-refractivity contribution in [1.29, 1.82) is 0 Å². The number of fused-ring (bicyclic) bond motifs is 5. The van der Waals surface area contributed by atoms with Crippen LogP contribution in [0.1, 0.15) is 22.3 Å². The summed E-state index contributed by atoms with van der Waals surface area (Å²) in [5.41, 5.74) is 5.06. The zero-order valence-corrected chi connectivity index (χ0v) is 18.7. The average Bonchev–Trinajstić information content (AvgIpc) is 3.30. The third-order valence-electron chi connectivity index (χ3n) is 6.21. The SMILES string of the molecule is COc1ccc2c(c1OS(=O)(=O)c1ccccc1)CN1CCc3cc4c(cc3C1=C2)OCO4. The van der Waals surface area contributed by atoms with Gasteiger partial charge in [-0.2, -0.15) is 8.42 Å². The molecule has 0 fully saturated rings. The van der Waals surface area contributed by atoms with Crippen LogP contribution in [-0.2, 0) is 23.1 Å². The summed E-state index contributed by atoms with van der Waals surface area (Å²) in [4.78, 5) is 2.33. The fourth-order valence-electron chi connectivity index (χ4n) is 4.56. The molecule has 0 bridgehead atoms. The molecular formula is C25H21NO6S. The van der Waals surface area contributed by atoms with Crippen molar-refractivity contribution in [3.05, 3.63) is 76.9 Å². The van der Waals surface area contributed by atoms with Crippen molar-refractivity contribution in [1.82, 2.24) is 4.90 Å². The highest BCUT2D eigenvalue weighted by molar-refractivity contribution is 7.87. The smallest absolute Gasteiger partial charge is 0.339 e. The predicted molar refractivity (Wildman–Crippen MR) is 122 cm³/mol. The van der Waals surface area contributed by atoms with Gasteiger partial charge in [0.2, 0.25) is 6.79 Å². The molecule has 7 nitrogen and oxygen atoms in total. The molecule has 0 N–H and O–H groups in total. The Morgan fingerprint density at radius 2 is 1.79 bits per heavy atom. The van der Waals surface area contributed by atoms with Gasteiger partial charge in [-0.25, -0.2) is 0 Å². The molecule has 3 aromatic carbocycles. The molecule has 3 aliphatic heterocycles. The van der Waals surface area contributed by atoms with Gasteiger partial charge in [0, 0.05) is 29.9 Å². The maximum Gasteiger partial charge on any atom is 0.339 e. The Balaban J connectivity index is 1.45. The van der Waals surface area contributed by atoms with Gasteiger partial charge >= 0.3 is 10.1 Å².